The first kappa shape index (κ1) is 16.5. The molecule has 0 aliphatic heterocycles. The van der Waals surface area contributed by atoms with Crippen molar-refractivity contribution in [1.82, 2.24) is 4.72 Å². The molecule has 5 nitrogen and oxygen atoms in total. The highest BCUT2D eigenvalue weighted by Gasteiger charge is 2.34. The fraction of sp³-hybridized carbons (Fsp3) is 0.571. The standard InChI is InChI=1S/C14H21ClN2O3S/c1-10-3-2-6-14(18,8-10)9-17-21(19,20)13-5-4-11(15)7-12(13)16/h4-5,7,10,17-18H,2-3,6,8-9,16H2,1H3. The molecule has 118 valence electrons. The number of sulfonamides is 1. The Labute approximate surface area is 130 Å². The third-order valence-electron chi connectivity index (χ3n) is 3.92. The zero-order valence-corrected chi connectivity index (χ0v) is 13.5. The molecule has 1 fully saturated rings. The van der Waals surface area contributed by atoms with E-state index in [0.717, 1.165) is 12.8 Å². The van der Waals surface area contributed by atoms with Gasteiger partial charge >= 0.3 is 0 Å². The molecule has 1 aromatic rings. The highest BCUT2D eigenvalue weighted by Crippen LogP contribution is 2.32. The lowest BCUT2D eigenvalue weighted by molar-refractivity contribution is -0.00751. The third kappa shape index (κ3) is 4.10. The number of aliphatic hydroxyl groups is 1. The number of nitrogen functional groups attached to an aromatic ring is 1. The summed E-state index contributed by atoms with van der Waals surface area (Å²) in [6.45, 7) is 2.07. The summed E-state index contributed by atoms with van der Waals surface area (Å²) in [5, 5.41) is 10.9. The van der Waals surface area contributed by atoms with E-state index >= 15 is 0 Å². The molecule has 2 unspecified atom stereocenters. The quantitative estimate of drug-likeness (QED) is 0.736. The Morgan fingerprint density at radius 2 is 2.24 bits per heavy atom. The van der Waals surface area contributed by atoms with Crippen molar-refractivity contribution in [2.24, 2.45) is 5.92 Å². The smallest absolute Gasteiger partial charge is 0.242 e. The number of nitrogens with one attached hydrogen (secondary N) is 1. The molecule has 1 saturated carbocycles. The monoisotopic (exact) mass is 332 g/mol. The van der Waals surface area contributed by atoms with Crippen LogP contribution in [0.2, 0.25) is 5.02 Å². The van der Waals surface area contributed by atoms with Crippen LogP contribution in [0.3, 0.4) is 0 Å². The zero-order chi connectivity index (χ0) is 15.7. The topological polar surface area (TPSA) is 92.4 Å². The normalized spacial score (nSPS) is 26.7. The highest BCUT2D eigenvalue weighted by molar-refractivity contribution is 7.89. The number of halogens is 1. The number of nitrogens with two attached hydrogens (primary N) is 1. The van der Waals surface area contributed by atoms with Gasteiger partial charge in [0.25, 0.3) is 0 Å². The lowest BCUT2D eigenvalue weighted by Crippen LogP contribution is -2.45. The molecule has 2 atom stereocenters. The maximum Gasteiger partial charge on any atom is 0.242 e. The van der Waals surface area contributed by atoms with Crippen LogP contribution in [0.25, 0.3) is 0 Å². The average molecular weight is 333 g/mol. The zero-order valence-electron chi connectivity index (χ0n) is 12.0. The molecule has 0 bridgehead atoms. The molecule has 21 heavy (non-hydrogen) atoms. The lowest BCUT2D eigenvalue weighted by Gasteiger charge is -2.35. The number of hydrogen-bond acceptors (Lipinski definition) is 4. The molecule has 0 heterocycles. The van der Waals surface area contributed by atoms with Gasteiger partial charge < -0.3 is 10.8 Å². The second-order valence-electron chi connectivity index (χ2n) is 5.93. The first-order valence-electron chi connectivity index (χ1n) is 6.99. The predicted molar refractivity (Wildman–Crippen MR) is 83.6 cm³/mol. The van der Waals surface area contributed by atoms with Gasteiger partial charge in [-0.1, -0.05) is 31.4 Å². The van der Waals surface area contributed by atoms with Crippen molar-refractivity contribution >= 4 is 27.3 Å². The molecule has 4 N–H and O–H groups in total. The Balaban J connectivity index is 2.11. The van der Waals surface area contributed by atoms with Crippen molar-refractivity contribution in [3.63, 3.8) is 0 Å². The van der Waals surface area contributed by atoms with Crippen LogP contribution in [0.1, 0.15) is 32.6 Å². The predicted octanol–water partition coefficient (Wildman–Crippen LogP) is 2.14. The van der Waals surface area contributed by atoms with Gasteiger partial charge in [-0.3, -0.25) is 0 Å². The van der Waals surface area contributed by atoms with Crippen LogP contribution in [-0.2, 0) is 10.0 Å². The molecule has 0 aromatic heterocycles. The number of hydrogen-bond donors (Lipinski definition) is 3. The fourth-order valence-corrected chi connectivity index (χ4v) is 4.28. The van der Waals surface area contributed by atoms with E-state index < -0.39 is 15.6 Å². The number of anilines is 1. The molecule has 0 spiro atoms. The van der Waals surface area contributed by atoms with E-state index in [-0.39, 0.29) is 17.1 Å². The Morgan fingerprint density at radius 3 is 2.86 bits per heavy atom. The first-order valence-corrected chi connectivity index (χ1v) is 8.85. The van der Waals surface area contributed by atoms with E-state index in [4.69, 9.17) is 17.3 Å². The van der Waals surface area contributed by atoms with E-state index in [9.17, 15) is 13.5 Å². The minimum absolute atomic E-state index is 0.00173. The van der Waals surface area contributed by atoms with Crippen LogP contribution < -0.4 is 10.5 Å². The Bertz CT molecular complexity index is 621. The number of benzene rings is 1. The third-order valence-corrected chi connectivity index (χ3v) is 5.63. The molecule has 1 aliphatic rings. The Hall–Kier alpha value is -0.820. The van der Waals surface area contributed by atoms with Crippen molar-refractivity contribution in [2.45, 2.75) is 43.1 Å². The molecule has 1 aromatic carbocycles. The molecule has 0 radical (unpaired) electrons. The molecule has 2 rings (SSSR count). The largest absolute Gasteiger partial charge is 0.398 e. The van der Waals surface area contributed by atoms with Crippen molar-refractivity contribution in [3.05, 3.63) is 23.2 Å². The van der Waals surface area contributed by atoms with Crippen molar-refractivity contribution < 1.29 is 13.5 Å². The summed E-state index contributed by atoms with van der Waals surface area (Å²) in [5.74, 6) is 0.397. The second-order valence-corrected chi connectivity index (χ2v) is 8.10. The molecular weight excluding hydrogens is 312 g/mol. The first-order chi connectivity index (χ1) is 9.72. The van der Waals surface area contributed by atoms with Crippen LogP contribution in [0, 0.1) is 5.92 Å². The van der Waals surface area contributed by atoms with Crippen LogP contribution in [-0.4, -0.2) is 25.7 Å². The lowest BCUT2D eigenvalue weighted by atomic mass is 9.79. The van der Waals surface area contributed by atoms with Crippen molar-refractivity contribution in [2.75, 3.05) is 12.3 Å². The average Bonchev–Trinajstić information content (AvgIpc) is 2.36. The summed E-state index contributed by atoms with van der Waals surface area (Å²) < 4.78 is 27.0. The maximum absolute atomic E-state index is 12.3. The van der Waals surface area contributed by atoms with E-state index in [1.54, 1.807) is 0 Å². The maximum atomic E-state index is 12.3. The minimum Gasteiger partial charge on any atom is -0.398 e. The molecule has 1 aliphatic carbocycles. The van der Waals surface area contributed by atoms with Crippen LogP contribution >= 0.6 is 11.6 Å². The van der Waals surface area contributed by atoms with Gasteiger partial charge in [0.1, 0.15) is 4.90 Å². The fourth-order valence-electron chi connectivity index (χ4n) is 2.86. The van der Waals surface area contributed by atoms with E-state index in [1.807, 2.05) is 0 Å². The minimum atomic E-state index is -3.76. The highest BCUT2D eigenvalue weighted by atomic mass is 35.5. The van der Waals surface area contributed by atoms with Gasteiger partial charge in [-0.15, -0.1) is 0 Å². The van der Waals surface area contributed by atoms with Gasteiger partial charge in [-0.25, -0.2) is 13.1 Å². The van der Waals surface area contributed by atoms with Gasteiger partial charge in [0.15, 0.2) is 0 Å². The summed E-state index contributed by atoms with van der Waals surface area (Å²) in [6.07, 6.45) is 3.18. The van der Waals surface area contributed by atoms with Gasteiger partial charge in [0.2, 0.25) is 10.0 Å². The summed E-state index contributed by atoms with van der Waals surface area (Å²) in [5.41, 5.74) is 4.82. The molecule has 0 saturated heterocycles. The Kier molecular flexibility index (Phi) is 4.82. The van der Waals surface area contributed by atoms with Gasteiger partial charge in [0, 0.05) is 11.6 Å². The molecule has 7 heteroatoms. The van der Waals surface area contributed by atoms with Gasteiger partial charge in [-0.05, 0) is 37.0 Å². The number of rotatable bonds is 4. The van der Waals surface area contributed by atoms with Gasteiger partial charge in [-0.2, -0.15) is 0 Å². The van der Waals surface area contributed by atoms with Crippen molar-refractivity contribution in [3.8, 4) is 0 Å². The summed E-state index contributed by atoms with van der Waals surface area (Å²) in [6, 6.07) is 4.24. The van der Waals surface area contributed by atoms with Crippen LogP contribution in [0.5, 0.6) is 0 Å². The molecule has 0 amide bonds. The van der Waals surface area contributed by atoms with E-state index in [0.29, 0.717) is 23.8 Å². The summed E-state index contributed by atoms with van der Waals surface area (Å²) in [4.78, 5) is -0.0145. The SMILES string of the molecule is CC1CCCC(O)(CNS(=O)(=O)c2ccc(Cl)cc2N)C1. The van der Waals surface area contributed by atoms with Crippen LogP contribution in [0.4, 0.5) is 5.69 Å². The van der Waals surface area contributed by atoms with E-state index in [1.165, 1.54) is 18.2 Å². The second kappa shape index (κ2) is 6.12. The Morgan fingerprint density at radius 1 is 1.52 bits per heavy atom. The van der Waals surface area contributed by atoms with Gasteiger partial charge in [0.05, 0.1) is 11.3 Å². The van der Waals surface area contributed by atoms with Crippen molar-refractivity contribution in [1.29, 1.82) is 0 Å². The summed E-state index contributed by atoms with van der Waals surface area (Å²) >= 11 is 5.77. The summed E-state index contributed by atoms with van der Waals surface area (Å²) in [7, 11) is -3.76. The van der Waals surface area contributed by atoms with Crippen LogP contribution in [0.15, 0.2) is 23.1 Å². The van der Waals surface area contributed by atoms with E-state index in [2.05, 4.69) is 11.6 Å². The molecular formula is C14H21ClN2O3S.